The number of aliphatic imine (C=N–C) groups is 1. The Morgan fingerprint density at radius 3 is 2.38 bits per heavy atom. The third-order valence-electron chi connectivity index (χ3n) is 2.13. The lowest BCUT2D eigenvalue weighted by Crippen LogP contribution is -2.30. The van der Waals surface area contributed by atoms with Crippen LogP contribution in [0.4, 0.5) is 0 Å². The van der Waals surface area contributed by atoms with Gasteiger partial charge in [0.2, 0.25) is 0 Å². The number of aliphatic hydroxyl groups excluding tert-OH is 1. The number of hydrogen-bond acceptors (Lipinski definition) is 3. The van der Waals surface area contributed by atoms with Crippen molar-refractivity contribution in [1.29, 1.82) is 0 Å². The molecule has 0 radical (unpaired) electrons. The lowest BCUT2D eigenvalue weighted by atomic mass is 9.93. The van der Waals surface area contributed by atoms with Gasteiger partial charge in [0.25, 0.3) is 0 Å². The molecule has 0 aromatic heterocycles. The third kappa shape index (κ3) is 6.40. The van der Waals surface area contributed by atoms with E-state index in [1.165, 1.54) is 0 Å². The molecule has 0 unspecified atom stereocenters. The van der Waals surface area contributed by atoms with E-state index >= 15 is 0 Å². The van der Waals surface area contributed by atoms with Crippen molar-refractivity contribution >= 4 is 6.21 Å². The summed E-state index contributed by atoms with van der Waals surface area (Å²) in [4.78, 5) is 6.50. The van der Waals surface area contributed by atoms with Crippen LogP contribution in [-0.4, -0.2) is 43.4 Å². The van der Waals surface area contributed by atoms with Crippen LogP contribution in [0.15, 0.2) is 29.0 Å². The summed E-state index contributed by atoms with van der Waals surface area (Å²) in [5.41, 5.74) is 0.816. The second-order valence-corrected chi connectivity index (χ2v) is 5.12. The lowest BCUT2D eigenvalue weighted by molar-refractivity contribution is 0.249. The van der Waals surface area contributed by atoms with Crippen LogP contribution in [0.5, 0.6) is 0 Å². The largest absolute Gasteiger partial charge is 0.512 e. The normalized spacial score (nSPS) is 14.4. The van der Waals surface area contributed by atoms with Crippen LogP contribution in [0.3, 0.4) is 0 Å². The number of nitrogens with zero attached hydrogens (tertiary/aromatic N) is 2. The van der Waals surface area contributed by atoms with Gasteiger partial charge in [-0.15, -0.1) is 0 Å². The first-order valence-corrected chi connectivity index (χ1v) is 5.45. The predicted octanol–water partition coefficient (Wildman–Crippen LogP) is 2.66. The van der Waals surface area contributed by atoms with Crippen LogP contribution < -0.4 is 0 Å². The van der Waals surface area contributed by atoms with Crippen LogP contribution in [-0.2, 0) is 0 Å². The van der Waals surface area contributed by atoms with E-state index in [4.69, 9.17) is 0 Å². The van der Waals surface area contributed by atoms with Crippen LogP contribution in [0, 0.1) is 5.41 Å². The van der Waals surface area contributed by atoms with Crippen molar-refractivity contribution in [3.63, 3.8) is 0 Å². The Hall–Kier alpha value is -1.09. The van der Waals surface area contributed by atoms with E-state index in [9.17, 15) is 5.11 Å². The zero-order chi connectivity index (χ0) is 12.8. The smallest absolute Gasteiger partial charge is 0.0978 e. The summed E-state index contributed by atoms with van der Waals surface area (Å²) in [6, 6.07) is 0. The fourth-order valence-corrected chi connectivity index (χ4v) is 1.59. The highest BCUT2D eigenvalue weighted by molar-refractivity contribution is 5.82. The fourth-order valence-electron chi connectivity index (χ4n) is 1.59. The summed E-state index contributed by atoms with van der Waals surface area (Å²) in [5, 5.41) is 9.30. The minimum Gasteiger partial charge on any atom is -0.512 e. The maximum atomic E-state index is 9.30. The van der Waals surface area contributed by atoms with Crippen molar-refractivity contribution < 1.29 is 5.11 Å². The molecule has 0 aliphatic heterocycles. The number of rotatable bonds is 6. The Bertz CT molecular complexity index is 284. The number of hydrogen-bond donors (Lipinski definition) is 1. The van der Waals surface area contributed by atoms with Crippen molar-refractivity contribution in [1.82, 2.24) is 4.90 Å². The molecule has 0 amide bonds. The summed E-state index contributed by atoms with van der Waals surface area (Å²) in [7, 11) is 4.11. The molecular formula is C13H24N2O. The van der Waals surface area contributed by atoms with Gasteiger partial charge in [-0.05, 0) is 26.4 Å². The maximum absolute atomic E-state index is 9.30. The molecule has 0 heterocycles. The SMILES string of the molecule is C=CC(/C=N/CC(C)(C)CN(C)C)=C(\C)O. The predicted molar refractivity (Wildman–Crippen MR) is 71.2 cm³/mol. The molecule has 0 atom stereocenters. The highest BCUT2D eigenvalue weighted by Gasteiger charge is 2.17. The minimum atomic E-state index is 0.135. The van der Waals surface area contributed by atoms with E-state index in [1.807, 2.05) is 0 Å². The molecule has 0 saturated carbocycles. The lowest BCUT2D eigenvalue weighted by Gasteiger charge is -2.26. The van der Waals surface area contributed by atoms with Crippen molar-refractivity contribution in [2.45, 2.75) is 20.8 Å². The van der Waals surface area contributed by atoms with Crippen molar-refractivity contribution in [2.75, 3.05) is 27.2 Å². The monoisotopic (exact) mass is 224 g/mol. The minimum absolute atomic E-state index is 0.135. The average molecular weight is 224 g/mol. The van der Waals surface area contributed by atoms with Gasteiger partial charge in [-0.2, -0.15) is 0 Å². The molecule has 0 aromatic rings. The fraction of sp³-hybridized carbons (Fsp3) is 0.615. The molecule has 1 N–H and O–H groups in total. The van der Waals surface area contributed by atoms with Gasteiger partial charge in [-0.1, -0.05) is 26.5 Å². The molecular weight excluding hydrogens is 200 g/mol. The van der Waals surface area contributed by atoms with Crippen molar-refractivity contribution in [3.8, 4) is 0 Å². The zero-order valence-corrected chi connectivity index (χ0v) is 11.1. The summed E-state index contributed by atoms with van der Waals surface area (Å²) in [6.07, 6.45) is 3.29. The Morgan fingerprint density at radius 2 is 2.00 bits per heavy atom. The molecule has 92 valence electrons. The van der Waals surface area contributed by atoms with Crippen LogP contribution in [0.1, 0.15) is 20.8 Å². The van der Waals surface area contributed by atoms with Gasteiger partial charge in [0, 0.05) is 24.9 Å². The van der Waals surface area contributed by atoms with Gasteiger partial charge < -0.3 is 10.0 Å². The highest BCUT2D eigenvalue weighted by Crippen LogP contribution is 2.16. The quantitative estimate of drug-likeness (QED) is 0.428. The first-order chi connectivity index (χ1) is 7.28. The average Bonchev–Trinajstić information content (AvgIpc) is 2.09. The van der Waals surface area contributed by atoms with E-state index in [1.54, 1.807) is 19.2 Å². The molecule has 0 aliphatic carbocycles. The first-order valence-electron chi connectivity index (χ1n) is 5.45. The molecule has 3 nitrogen and oxygen atoms in total. The molecule has 0 rings (SSSR count). The molecule has 0 aliphatic rings. The van der Waals surface area contributed by atoms with Crippen molar-refractivity contribution in [2.24, 2.45) is 10.4 Å². The Kier molecular flexibility index (Phi) is 6.04. The van der Waals surface area contributed by atoms with Gasteiger partial charge in [0.05, 0.1) is 5.76 Å². The standard InChI is InChI=1S/C13H24N2O/c1-7-12(11(2)16)8-14-9-13(3,4)10-15(5)6/h7-8,16H,1,9-10H2,2-6H3/b12-11-,14-8+. The topological polar surface area (TPSA) is 35.8 Å². The Balaban J connectivity index is 4.39. The van der Waals surface area contributed by atoms with E-state index in [0.29, 0.717) is 5.57 Å². The van der Waals surface area contributed by atoms with Crippen LogP contribution >= 0.6 is 0 Å². The van der Waals surface area contributed by atoms with Gasteiger partial charge in [0.15, 0.2) is 0 Å². The van der Waals surface area contributed by atoms with Gasteiger partial charge in [-0.3, -0.25) is 4.99 Å². The van der Waals surface area contributed by atoms with E-state index in [2.05, 4.69) is 44.4 Å². The molecule has 16 heavy (non-hydrogen) atoms. The molecule has 0 aromatic carbocycles. The summed E-state index contributed by atoms with van der Waals surface area (Å²) in [6.45, 7) is 11.3. The molecule has 0 spiro atoms. The van der Waals surface area contributed by atoms with E-state index in [0.717, 1.165) is 13.1 Å². The van der Waals surface area contributed by atoms with Crippen molar-refractivity contribution in [3.05, 3.63) is 24.0 Å². The second kappa shape index (κ2) is 6.48. The highest BCUT2D eigenvalue weighted by atomic mass is 16.3. The number of aliphatic hydroxyl groups is 1. The van der Waals surface area contributed by atoms with E-state index in [-0.39, 0.29) is 11.2 Å². The Morgan fingerprint density at radius 1 is 1.44 bits per heavy atom. The molecule has 0 saturated heterocycles. The zero-order valence-electron chi connectivity index (χ0n) is 11.1. The Labute approximate surface area is 99.2 Å². The summed E-state index contributed by atoms with van der Waals surface area (Å²) < 4.78 is 0. The third-order valence-corrected chi connectivity index (χ3v) is 2.13. The number of allylic oxidation sites excluding steroid dienone is 3. The molecule has 0 fully saturated rings. The van der Waals surface area contributed by atoms with E-state index < -0.39 is 0 Å². The maximum Gasteiger partial charge on any atom is 0.0978 e. The molecule has 0 bridgehead atoms. The van der Waals surface area contributed by atoms with Gasteiger partial charge in [-0.25, -0.2) is 0 Å². The van der Waals surface area contributed by atoms with Gasteiger partial charge in [0.1, 0.15) is 0 Å². The summed E-state index contributed by atoms with van der Waals surface area (Å²) in [5.74, 6) is 0.254. The van der Waals surface area contributed by atoms with Gasteiger partial charge >= 0.3 is 0 Å². The second-order valence-electron chi connectivity index (χ2n) is 5.12. The van der Waals surface area contributed by atoms with Crippen LogP contribution in [0.2, 0.25) is 0 Å². The van der Waals surface area contributed by atoms with Crippen LogP contribution in [0.25, 0.3) is 0 Å². The first kappa shape index (κ1) is 14.9. The summed E-state index contributed by atoms with van der Waals surface area (Å²) >= 11 is 0. The molecule has 3 heteroatoms.